The van der Waals surface area contributed by atoms with Crippen molar-refractivity contribution in [3.63, 3.8) is 0 Å². The molecule has 0 aliphatic heterocycles. The van der Waals surface area contributed by atoms with Crippen LogP contribution in [0.15, 0.2) is 61.2 Å². The van der Waals surface area contributed by atoms with Gasteiger partial charge in [0.2, 0.25) is 0 Å². The molecule has 2 N–H and O–H groups in total. The molecular formula is C20H17F3N4O2. The van der Waals surface area contributed by atoms with Gasteiger partial charge in [-0.3, -0.25) is 4.79 Å². The second-order valence-corrected chi connectivity index (χ2v) is 6.09. The number of alkyl halides is 3. The highest BCUT2D eigenvalue weighted by atomic mass is 19.4. The van der Waals surface area contributed by atoms with Crippen LogP contribution in [0.1, 0.15) is 21.5 Å². The number of amides is 1. The molecule has 0 bridgehead atoms. The van der Waals surface area contributed by atoms with Gasteiger partial charge >= 0.3 is 6.36 Å². The molecule has 6 nitrogen and oxygen atoms in total. The molecule has 9 heteroatoms. The molecule has 29 heavy (non-hydrogen) atoms. The molecule has 3 rings (SSSR count). The minimum Gasteiger partial charge on any atom is -0.405 e. The first-order chi connectivity index (χ1) is 13.8. The maximum atomic E-state index is 13.0. The number of anilines is 2. The Morgan fingerprint density at radius 3 is 2.41 bits per heavy atom. The second-order valence-electron chi connectivity index (χ2n) is 6.09. The van der Waals surface area contributed by atoms with Gasteiger partial charge in [0.05, 0.1) is 18.1 Å². The van der Waals surface area contributed by atoms with Crippen LogP contribution < -0.4 is 15.4 Å². The molecular weight excluding hydrogens is 385 g/mol. The second kappa shape index (κ2) is 8.59. The molecule has 0 saturated carbocycles. The number of hydrogen-bond acceptors (Lipinski definition) is 5. The van der Waals surface area contributed by atoms with E-state index in [1.807, 2.05) is 0 Å². The quantitative estimate of drug-likeness (QED) is 0.633. The average Bonchev–Trinajstić information content (AvgIpc) is 2.70. The van der Waals surface area contributed by atoms with Crippen molar-refractivity contribution in [3.8, 4) is 5.75 Å². The first-order valence-electron chi connectivity index (χ1n) is 8.57. The summed E-state index contributed by atoms with van der Waals surface area (Å²) in [5, 5.41) is 5.60. The van der Waals surface area contributed by atoms with Crippen LogP contribution in [0.2, 0.25) is 0 Å². The van der Waals surface area contributed by atoms with Gasteiger partial charge in [0.25, 0.3) is 5.91 Å². The third-order valence-corrected chi connectivity index (χ3v) is 3.99. The zero-order valence-corrected chi connectivity index (χ0v) is 15.3. The molecule has 150 valence electrons. The summed E-state index contributed by atoms with van der Waals surface area (Å²) in [5.41, 5.74) is 1.51. The Labute approximate surface area is 164 Å². The maximum Gasteiger partial charge on any atom is 0.573 e. The van der Waals surface area contributed by atoms with Gasteiger partial charge in [-0.05, 0) is 30.7 Å². The lowest BCUT2D eigenvalue weighted by molar-refractivity contribution is -0.275. The summed E-state index contributed by atoms with van der Waals surface area (Å²) in [6.07, 6.45) is -0.580. The minimum atomic E-state index is -4.88. The van der Waals surface area contributed by atoms with Crippen molar-refractivity contribution in [2.45, 2.75) is 19.8 Å². The van der Waals surface area contributed by atoms with Gasteiger partial charge in [-0.15, -0.1) is 13.2 Å². The topological polar surface area (TPSA) is 76.1 Å². The van der Waals surface area contributed by atoms with Crippen LogP contribution in [0.3, 0.4) is 0 Å². The van der Waals surface area contributed by atoms with E-state index in [-0.39, 0.29) is 29.1 Å². The summed E-state index contributed by atoms with van der Waals surface area (Å²) in [4.78, 5) is 20.2. The molecule has 0 aliphatic rings. The Kier molecular flexibility index (Phi) is 5.96. The number of ether oxygens (including phenoxy) is 1. The van der Waals surface area contributed by atoms with Crippen molar-refractivity contribution >= 4 is 17.3 Å². The molecule has 0 radical (unpaired) electrons. The van der Waals surface area contributed by atoms with Gasteiger partial charge in [-0.2, -0.15) is 0 Å². The van der Waals surface area contributed by atoms with Crippen LogP contribution in [-0.2, 0) is 6.54 Å². The molecule has 3 aromatic rings. The van der Waals surface area contributed by atoms with Crippen LogP contribution in [0.5, 0.6) is 5.75 Å². The van der Waals surface area contributed by atoms with E-state index in [9.17, 15) is 18.0 Å². The van der Waals surface area contributed by atoms with Gasteiger partial charge in [0.1, 0.15) is 12.1 Å². The van der Waals surface area contributed by atoms with E-state index in [0.29, 0.717) is 11.3 Å². The zero-order valence-electron chi connectivity index (χ0n) is 15.3. The van der Waals surface area contributed by atoms with Gasteiger partial charge in [0, 0.05) is 23.4 Å². The third kappa shape index (κ3) is 5.44. The number of aryl methyl sites for hydroxylation is 1. The Bertz CT molecular complexity index is 980. The summed E-state index contributed by atoms with van der Waals surface area (Å²) in [6.45, 7) is 1.45. The van der Waals surface area contributed by atoms with E-state index < -0.39 is 12.3 Å². The molecule has 0 aliphatic carbocycles. The first-order valence-corrected chi connectivity index (χ1v) is 8.57. The van der Waals surface area contributed by atoms with Crippen molar-refractivity contribution in [1.29, 1.82) is 0 Å². The van der Waals surface area contributed by atoms with E-state index in [1.54, 1.807) is 30.3 Å². The fraction of sp³-hybridized carbons (Fsp3) is 0.150. The Balaban J connectivity index is 1.95. The number of nitrogens with one attached hydrogen (secondary N) is 2. The minimum absolute atomic E-state index is 0.0507. The fourth-order valence-electron chi connectivity index (χ4n) is 2.66. The predicted molar refractivity (Wildman–Crippen MR) is 102 cm³/mol. The monoisotopic (exact) mass is 402 g/mol. The van der Waals surface area contributed by atoms with Crippen LogP contribution in [0, 0.1) is 6.92 Å². The lowest BCUT2D eigenvalue weighted by Crippen LogP contribution is -2.21. The van der Waals surface area contributed by atoms with Gasteiger partial charge in [-0.25, -0.2) is 9.97 Å². The lowest BCUT2D eigenvalue weighted by Gasteiger charge is -2.20. The van der Waals surface area contributed by atoms with E-state index >= 15 is 0 Å². The van der Waals surface area contributed by atoms with Crippen LogP contribution in [0.4, 0.5) is 24.5 Å². The van der Waals surface area contributed by atoms with Crippen LogP contribution in [-0.4, -0.2) is 22.2 Å². The molecule has 0 atom stereocenters. The highest BCUT2D eigenvalue weighted by Gasteiger charge is 2.33. The normalized spacial score (nSPS) is 11.0. The summed E-state index contributed by atoms with van der Waals surface area (Å²) >= 11 is 0. The van der Waals surface area contributed by atoms with Crippen LogP contribution >= 0.6 is 0 Å². The molecule has 1 amide bonds. The Morgan fingerprint density at radius 1 is 1.07 bits per heavy atom. The highest BCUT2D eigenvalue weighted by Crippen LogP contribution is 2.35. The van der Waals surface area contributed by atoms with E-state index in [2.05, 4.69) is 25.3 Å². The number of hydrogen-bond donors (Lipinski definition) is 2. The van der Waals surface area contributed by atoms with E-state index in [0.717, 1.165) is 0 Å². The van der Waals surface area contributed by atoms with Gasteiger partial charge < -0.3 is 15.4 Å². The van der Waals surface area contributed by atoms with Crippen molar-refractivity contribution in [1.82, 2.24) is 9.97 Å². The largest absolute Gasteiger partial charge is 0.573 e. The van der Waals surface area contributed by atoms with Crippen molar-refractivity contribution in [2.24, 2.45) is 0 Å². The van der Waals surface area contributed by atoms with E-state index in [4.69, 9.17) is 0 Å². The molecule has 1 aromatic heterocycles. The zero-order chi connectivity index (χ0) is 20.9. The number of halogens is 3. The number of carbonyl (C=O) groups excluding carboxylic acids is 1. The van der Waals surface area contributed by atoms with E-state index in [1.165, 1.54) is 37.8 Å². The fourth-order valence-corrected chi connectivity index (χ4v) is 2.66. The summed E-state index contributed by atoms with van der Waals surface area (Å²) < 4.78 is 43.2. The molecule has 0 saturated heterocycles. The lowest BCUT2D eigenvalue weighted by atomic mass is 10.1. The Hall–Kier alpha value is -3.62. The summed E-state index contributed by atoms with van der Waals surface area (Å²) in [6, 6.07) is 11.4. The molecule has 0 fully saturated rings. The van der Waals surface area contributed by atoms with Gasteiger partial charge in [0.15, 0.2) is 0 Å². The van der Waals surface area contributed by atoms with Crippen molar-refractivity contribution < 1.29 is 22.7 Å². The number of nitrogens with zero attached hydrogens (tertiary/aromatic N) is 2. The maximum absolute atomic E-state index is 13.0. The molecule has 1 heterocycles. The van der Waals surface area contributed by atoms with Gasteiger partial charge in [-0.1, -0.05) is 24.3 Å². The number of aromatic nitrogens is 2. The first kappa shape index (κ1) is 20.1. The van der Waals surface area contributed by atoms with Crippen molar-refractivity contribution in [3.05, 3.63) is 77.9 Å². The average molecular weight is 402 g/mol. The van der Waals surface area contributed by atoms with Crippen molar-refractivity contribution in [2.75, 3.05) is 10.6 Å². The standard InChI is InChI=1S/C20H17F3N4O2/c1-13-7-8-17(27-19(28)14-5-3-2-4-6-14)16(18(13)29-20(21,22)23)11-26-15-9-24-12-25-10-15/h2-10,12,26H,11H2,1H3,(H,27,28). The molecule has 0 unspecified atom stereocenters. The molecule has 2 aromatic carbocycles. The predicted octanol–water partition coefficient (Wildman–Crippen LogP) is 4.55. The summed E-state index contributed by atoms with van der Waals surface area (Å²) in [5.74, 6) is -0.815. The summed E-state index contributed by atoms with van der Waals surface area (Å²) in [7, 11) is 0. The SMILES string of the molecule is Cc1ccc(NC(=O)c2ccccc2)c(CNc2cncnc2)c1OC(F)(F)F. The number of carbonyl (C=O) groups is 1. The number of rotatable bonds is 6. The highest BCUT2D eigenvalue weighted by molar-refractivity contribution is 6.04. The third-order valence-electron chi connectivity index (χ3n) is 3.99. The Morgan fingerprint density at radius 2 is 1.76 bits per heavy atom. The molecule has 0 spiro atoms. The number of benzene rings is 2. The smallest absolute Gasteiger partial charge is 0.405 e. The van der Waals surface area contributed by atoms with Crippen LogP contribution in [0.25, 0.3) is 0 Å².